The zero-order valence-corrected chi connectivity index (χ0v) is 11.2. The number of hydrogen-bond donors (Lipinski definition) is 1. The predicted molar refractivity (Wildman–Crippen MR) is 71.5 cm³/mol. The molecular formula is C15H9FN2O4. The van der Waals surface area contributed by atoms with E-state index in [-0.39, 0.29) is 35.4 Å². The molecule has 1 aromatic carbocycles. The van der Waals surface area contributed by atoms with Crippen LogP contribution in [0.15, 0.2) is 29.6 Å². The van der Waals surface area contributed by atoms with Gasteiger partial charge < -0.3 is 5.32 Å². The Hall–Kier alpha value is -3.01. The number of carbonyl (C=O) groups is 2. The molecule has 1 aromatic rings. The number of nitrogens with one attached hydrogen (secondary N) is 1. The molecule has 2 heterocycles. The van der Waals surface area contributed by atoms with E-state index in [2.05, 4.69) is 5.32 Å². The molecule has 0 aromatic heterocycles. The van der Waals surface area contributed by atoms with Gasteiger partial charge in [0, 0.05) is 6.42 Å². The van der Waals surface area contributed by atoms with Crippen LogP contribution >= 0.6 is 0 Å². The van der Waals surface area contributed by atoms with Crippen molar-refractivity contribution in [2.75, 3.05) is 0 Å². The fourth-order valence-corrected chi connectivity index (χ4v) is 2.68. The van der Waals surface area contributed by atoms with Gasteiger partial charge in [0.05, 0.1) is 17.2 Å². The van der Waals surface area contributed by atoms with Crippen molar-refractivity contribution in [3.63, 3.8) is 0 Å². The summed E-state index contributed by atoms with van der Waals surface area (Å²) in [6.07, 6.45) is 0.442. The highest BCUT2D eigenvalue weighted by molar-refractivity contribution is 6.21. The molecule has 2 amide bonds. The van der Waals surface area contributed by atoms with Gasteiger partial charge in [-0.2, -0.15) is 0 Å². The molecule has 1 atom stereocenters. The van der Waals surface area contributed by atoms with E-state index in [0.29, 0.717) is 0 Å². The molecule has 0 radical (unpaired) electrons. The van der Waals surface area contributed by atoms with E-state index in [4.69, 9.17) is 0 Å². The Bertz CT molecular complexity index is 804. The maximum absolute atomic E-state index is 13.3. The molecule has 3 rings (SSSR count). The Kier molecular flexibility index (Phi) is 3.22. The van der Waals surface area contributed by atoms with Crippen LogP contribution in [0.5, 0.6) is 0 Å². The van der Waals surface area contributed by atoms with Gasteiger partial charge in [-0.25, -0.2) is 14.0 Å². The minimum atomic E-state index is -0.856. The highest BCUT2D eigenvalue weighted by Gasteiger charge is 2.43. The minimum Gasteiger partial charge on any atom is -0.342 e. The number of fused-ring (bicyclic) bond motifs is 1. The summed E-state index contributed by atoms with van der Waals surface area (Å²) in [7, 11) is 0. The van der Waals surface area contributed by atoms with Crippen LogP contribution in [0.25, 0.3) is 0 Å². The van der Waals surface area contributed by atoms with Crippen molar-refractivity contribution in [1.29, 1.82) is 0 Å². The predicted octanol–water partition coefficient (Wildman–Crippen LogP) is 0.605. The van der Waals surface area contributed by atoms with E-state index in [0.717, 1.165) is 17.0 Å². The molecule has 2 aliphatic heterocycles. The van der Waals surface area contributed by atoms with Crippen LogP contribution in [0.1, 0.15) is 33.6 Å². The smallest absolute Gasteiger partial charge is 0.262 e. The lowest BCUT2D eigenvalue weighted by molar-refractivity contribution is 0.0593. The first-order valence-corrected chi connectivity index (χ1v) is 6.50. The number of piperidine rings is 1. The van der Waals surface area contributed by atoms with Crippen LogP contribution in [-0.2, 0) is 9.59 Å². The molecule has 1 N–H and O–H groups in total. The largest absolute Gasteiger partial charge is 0.342 e. The third-order valence-corrected chi connectivity index (χ3v) is 3.71. The Morgan fingerprint density at radius 1 is 1.14 bits per heavy atom. The zero-order valence-electron chi connectivity index (χ0n) is 11.2. The van der Waals surface area contributed by atoms with Crippen molar-refractivity contribution < 1.29 is 23.6 Å². The van der Waals surface area contributed by atoms with Crippen LogP contribution < -0.4 is 5.32 Å². The van der Waals surface area contributed by atoms with E-state index in [1.54, 1.807) is 11.9 Å². The van der Waals surface area contributed by atoms with Gasteiger partial charge in [0.1, 0.15) is 29.1 Å². The molecule has 6 nitrogen and oxygen atoms in total. The summed E-state index contributed by atoms with van der Waals surface area (Å²) in [6.45, 7) is 0. The standard InChI is InChI=1S/C15H9FN2O4/c16-8-1-3-10-11(5-8)15(22)18(14(10)21)13-4-2-9(6-19)17-12(13)7-20/h1,3,5,13,17H,2,4H2. The normalized spacial score (nSPS) is 20.4. The van der Waals surface area contributed by atoms with Crippen molar-refractivity contribution in [3.05, 3.63) is 46.5 Å². The van der Waals surface area contributed by atoms with Crippen LogP contribution in [0.3, 0.4) is 0 Å². The highest BCUT2D eigenvalue weighted by atomic mass is 19.1. The number of hydrogen-bond acceptors (Lipinski definition) is 5. The quantitative estimate of drug-likeness (QED) is 0.606. The summed E-state index contributed by atoms with van der Waals surface area (Å²) in [5.41, 5.74) is 0.136. The van der Waals surface area contributed by atoms with E-state index in [1.807, 2.05) is 0 Å². The topological polar surface area (TPSA) is 83.6 Å². The molecule has 7 heteroatoms. The van der Waals surface area contributed by atoms with Crippen LogP contribution in [0.2, 0.25) is 0 Å². The molecule has 0 bridgehead atoms. The number of benzene rings is 1. The number of halogens is 1. The van der Waals surface area contributed by atoms with Gasteiger partial charge in [-0.05, 0) is 24.6 Å². The maximum Gasteiger partial charge on any atom is 0.262 e. The van der Waals surface area contributed by atoms with Crippen molar-refractivity contribution in [3.8, 4) is 0 Å². The van der Waals surface area contributed by atoms with Crippen LogP contribution in [0.4, 0.5) is 4.39 Å². The fraction of sp³-hybridized carbons (Fsp3) is 0.200. The average molecular weight is 300 g/mol. The number of rotatable bonds is 1. The summed E-state index contributed by atoms with van der Waals surface area (Å²) >= 11 is 0. The molecule has 110 valence electrons. The average Bonchev–Trinajstić information content (AvgIpc) is 2.77. The second-order valence-electron chi connectivity index (χ2n) is 4.95. The Labute approximate surface area is 123 Å². The first-order chi connectivity index (χ1) is 10.6. The third kappa shape index (κ3) is 1.97. The molecule has 1 unspecified atom stereocenters. The molecule has 1 fully saturated rings. The monoisotopic (exact) mass is 300 g/mol. The number of amides is 2. The number of nitrogens with zero attached hydrogens (tertiary/aromatic N) is 1. The van der Waals surface area contributed by atoms with E-state index < -0.39 is 23.7 Å². The Morgan fingerprint density at radius 2 is 1.86 bits per heavy atom. The molecule has 0 saturated carbocycles. The maximum atomic E-state index is 13.3. The van der Waals surface area contributed by atoms with Gasteiger partial charge in [-0.1, -0.05) is 0 Å². The lowest BCUT2D eigenvalue weighted by Crippen LogP contribution is -2.46. The first-order valence-electron chi connectivity index (χ1n) is 6.50. The minimum absolute atomic E-state index is 0.0352. The van der Waals surface area contributed by atoms with Crippen molar-refractivity contribution in [2.45, 2.75) is 18.9 Å². The van der Waals surface area contributed by atoms with Gasteiger partial charge in [-0.15, -0.1) is 0 Å². The van der Waals surface area contributed by atoms with E-state index >= 15 is 0 Å². The second-order valence-corrected chi connectivity index (χ2v) is 4.95. The summed E-state index contributed by atoms with van der Waals surface area (Å²) in [5, 5.41) is 2.52. The third-order valence-electron chi connectivity index (χ3n) is 3.71. The lowest BCUT2D eigenvalue weighted by Gasteiger charge is -2.30. The number of imide groups is 1. The van der Waals surface area contributed by atoms with Gasteiger partial charge in [0.15, 0.2) is 0 Å². The van der Waals surface area contributed by atoms with Crippen molar-refractivity contribution in [2.24, 2.45) is 0 Å². The number of carbonyl (C=O) groups excluding carboxylic acids is 4. The lowest BCUT2D eigenvalue weighted by atomic mass is 10.0. The van der Waals surface area contributed by atoms with Gasteiger partial charge in [0.2, 0.25) is 0 Å². The molecule has 2 aliphatic rings. The Morgan fingerprint density at radius 3 is 2.55 bits per heavy atom. The highest BCUT2D eigenvalue weighted by Crippen LogP contribution is 2.30. The van der Waals surface area contributed by atoms with Crippen LogP contribution in [0, 0.1) is 5.82 Å². The molecule has 0 aliphatic carbocycles. The summed E-state index contributed by atoms with van der Waals surface area (Å²) in [6, 6.07) is 2.47. The second kappa shape index (κ2) is 5.07. The van der Waals surface area contributed by atoms with E-state index in [1.165, 1.54) is 6.07 Å². The molecular weight excluding hydrogens is 291 g/mol. The Balaban J connectivity index is 2.00. The fourth-order valence-electron chi connectivity index (χ4n) is 2.68. The zero-order chi connectivity index (χ0) is 15.9. The molecule has 22 heavy (non-hydrogen) atoms. The van der Waals surface area contributed by atoms with Gasteiger partial charge in [0.25, 0.3) is 11.8 Å². The molecule has 0 spiro atoms. The van der Waals surface area contributed by atoms with Gasteiger partial charge >= 0.3 is 0 Å². The van der Waals surface area contributed by atoms with E-state index in [9.17, 15) is 23.6 Å². The molecule has 1 saturated heterocycles. The summed E-state index contributed by atoms with van der Waals surface area (Å²) < 4.78 is 13.3. The first kappa shape index (κ1) is 13.9. The van der Waals surface area contributed by atoms with Gasteiger partial charge in [-0.3, -0.25) is 14.5 Å². The summed E-state index contributed by atoms with van der Waals surface area (Å²) in [4.78, 5) is 47.3. The van der Waals surface area contributed by atoms with Crippen LogP contribution in [-0.4, -0.2) is 34.6 Å². The number of allylic oxidation sites excluding steroid dienone is 1. The SMILES string of the molecule is O=C=C1CCC(N2C(=O)c3ccc(F)cc3C2=O)C(=C=O)N1. The summed E-state index contributed by atoms with van der Waals surface area (Å²) in [5.74, 6) is 1.36. The van der Waals surface area contributed by atoms with Crippen molar-refractivity contribution >= 4 is 23.7 Å². The van der Waals surface area contributed by atoms with Crippen molar-refractivity contribution in [1.82, 2.24) is 10.2 Å².